The summed E-state index contributed by atoms with van der Waals surface area (Å²) in [5.41, 5.74) is 0.108. The first-order chi connectivity index (χ1) is 12.2. The third kappa shape index (κ3) is 5.37. The second-order valence-corrected chi connectivity index (χ2v) is 7.08. The molecule has 0 fully saturated rings. The largest absolute Gasteiger partial charge is 0.497 e. The third-order valence-corrected chi connectivity index (χ3v) is 3.87. The molecule has 0 saturated carbocycles. The topological polar surface area (TPSA) is 84.9 Å². The first kappa shape index (κ1) is 19.6. The van der Waals surface area contributed by atoms with Crippen molar-refractivity contribution in [2.75, 3.05) is 13.7 Å². The Morgan fingerprint density at radius 3 is 2.38 bits per heavy atom. The van der Waals surface area contributed by atoms with Crippen LogP contribution in [0, 0.1) is 0 Å². The van der Waals surface area contributed by atoms with Gasteiger partial charge in [0, 0.05) is 6.54 Å². The Kier molecular flexibility index (Phi) is 6.08. The van der Waals surface area contributed by atoms with Crippen molar-refractivity contribution in [1.82, 2.24) is 5.32 Å². The van der Waals surface area contributed by atoms with E-state index in [1.165, 1.54) is 0 Å². The van der Waals surface area contributed by atoms with Crippen molar-refractivity contribution in [2.24, 2.45) is 0 Å². The van der Waals surface area contributed by atoms with Gasteiger partial charge in [0.15, 0.2) is 0 Å². The molecule has 2 aromatic rings. The Balaban J connectivity index is 2.08. The van der Waals surface area contributed by atoms with E-state index in [1.807, 2.05) is 30.3 Å². The Bertz CT molecular complexity index is 794. The number of aliphatic carboxylic acids is 1. The number of alkyl carbamates (subject to hydrolysis) is 1. The predicted octanol–water partition coefficient (Wildman–Crippen LogP) is 3.93. The summed E-state index contributed by atoms with van der Waals surface area (Å²) in [6.07, 6.45) is -0.275. The highest BCUT2D eigenvalue weighted by Crippen LogP contribution is 2.27. The molecule has 140 valence electrons. The van der Waals surface area contributed by atoms with E-state index in [0.717, 1.165) is 16.5 Å². The van der Waals surface area contributed by atoms with Gasteiger partial charge in [-0.1, -0.05) is 24.3 Å². The van der Waals surface area contributed by atoms with Crippen LogP contribution in [0.4, 0.5) is 4.79 Å². The average molecular weight is 359 g/mol. The maximum absolute atomic E-state index is 11.7. The number of carboxylic acid groups (broad SMARTS) is 1. The molecular formula is C20H25NO5. The molecule has 2 N–H and O–H groups in total. The minimum atomic E-state index is -0.927. The Hall–Kier alpha value is -2.76. The van der Waals surface area contributed by atoms with Gasteiger partial charge >= 0.3 is 12.1 Å². The molecular weight excluding hydrogens is 334 g/mol. The normalized spacial score (nSPS) is 12.5. The van der Waals surface area contributed by atoms with E-state index >= 15 is 0 Å². The second kappa shape index (κ2) is 8.08. The number of amides is 1. The van der Waals surface area contributed by atoms with Crippen molar-refractivity contribution in [2.45, 2.75) is 38.7 Å². The highest BCUT2D eigenvalue weighted by Gasteiger charge is 2.21. The monoisotopic (exact) mass is 359 g/mol. The lowest BCUT2D eigenvalue weighted by molar-refractivity contribution is -0.139. The Morgan fingerprint density at radius 2 is 1.77 bits per heavy atom. The molecule has 1 atom stereocenters. The molecule has 0 aliphatic heterocycles. The van der Waals surface area contributed by atoms with Crippen molar-refractivity contribution >= 4 is 22.8 Å². The van der Waals surface area contributed by atoms with E-state index in [2.05, 4.69) is 5.32 Å². The van der Waals surface area contributed by atoms with Crippen LogP contribution >= 0.6 is 0 Å². The maximum Gasteiger partial charge on any atom is 0.407 e. The number of carboxylic acids is 1. The number of ether oxygens (including phenoxy) is 2. The van der Waals surface area contributed by atoms with Crippen LogP contribution in [0.2, 0.25) is 0 Å². The zero-order chi connectivity index (χ0) is 19.3. The number of carbonyl (C=O) groups excluding carboxylic acids is 1. The lowest BCUT2D eigenvalue weighted by atomic mass is 9.93. The molecule has 0 aromatic heterocycles. The van der Waals surface area contributed by atoms with Crippen LogP contribution < -0.4 is 10.1 Å². The number of rotatable bonds is 6. The summed E-state index contributed by atoms with van der Waals surface area (Å²) in [5, 5.41) is 14.1. The number of nitrogens with one attached hydrogen (secondary N) is 1. The van der Waals surface area contributed by atoms with Gasteiger partial charge in [-0.15, -0.1) is 0 Å². The minimum Gasteiger partial charge on any atom is -0.497 e. The zero-order valence-corrected chi connectivity index (χ0v) is 15.5. The lowest BCUT2D eigenvalue weighted by Gasteiger charge is -2.20. The summed E-state index contributed by atoms with van der Waals surface area (Å²) in [6, 6.07) is 11.2. The number of carbonyl (C=O) groups is 2. The molecule has 0 saturated heterocycles. The quantitative estimate of drug-likeness (QED) is 0.816. The molecule has 0 unspecified atom stereocenters. The lowest BCUT2D eigenvalue weighted by Crippen LogP contribution is -2.33. The number of fused-ring (bicyclic) bond motifs is 1. The fourth-order valence-corrected chi connectivity index (χ4v) is 2.65. The van der Waals surface area contributed by atoms with E-state index in [-0.39, 0.29) is 13.0 Å². The SMILES string of the molecule is COc1ccc2cc([C@H](CCNC(=O)OC(C)(C)C)C(=O)O)ccc2c1. The van der Waals surface area contributed by atoms with Gasteiger partial charge in [-0.2, -0.15) is 0 Å². The zero-order valence-electron chi connectivity index (χ0n) is 15.5. The molecule has 26 heavy (non-hydrogen) atoms. The molecule has 0 radical (unpaired) electrons. The van der Waals surface area contributed by atoms with Gasteiger partial charge in [0.05, 0.1) is 13.0 Å². The van der Waals surface area contributed by atoms with Crippen molar-refractivity contribution in [3.05, 3.63) is 42.0 Å². The van der Waals surface area contributed by atoms with E-state index in [0.29, 0.717) is 5.56 Å². The minimum absolute atomic E-state index is 0.215. The second-order valence-electron chi connectivity index (χ2n) is 7.08. The van der Waals surface area contributed by atoms with Crippen LogP contribution in [-0.2, 0) is 9.53 Å². The van der Waals surface area contributed by atoms with Gasteiger partial charge in [-0.25, -0.2) is 4.79 Å². The smallest absolute Gasteiger partial charge is 0.407 e. The van der Waals surface area contributed by atoms with Crippen LogP contribution in [0.25, 0.3) is 10.8 Å². The fourth-order valence-electron chi connectivity index (χ4n) is 2.65. The van der Waals surface area contributed by atoms with Crippen LogP contribution in [-0.4, -0.2) is 36.4 Å². The average Bonchev–Trinajstić information content (AvgIpc) is 2.56. The molecule has 2 aromatic carbocycles. The molecule has 0 heterocycles. The van der Waals surface area contributed by atoms with E-state index in [9.17, 15) is 14.7 Å². The number of hydrogen-bond acceptors (Lipinski definition) is 4. The Labute approximate surface area is 153 Å². The standard InChI is InChI=1S/C20H25NO5/c1-20(2,3)26-19(24)21-10-9-17(18(22)23)15-6-5-14-12-16(25-4)8-7-13(14)11-15/h5-8,11-12,17H,9-10H2,1-4H3,(H,21,24)(H,22,23)/t17-/m0/s1. The highest BCUT2D eigenvalue weighted by atomic mass is 16.6. The Morgan fingerprint density at radius 1 is 1.12 bits per heavy atom. The van der Waals surface area contributed by atoms with Crippen LogP contribution in [0.15, 0.2) is 36.4 Å². The van der Waals surface area contributed by atoms with E-state index in [4.69, 9.17) is 9.47 Å². The van der Waals surface area contributed by atoms with Crippen molar-refractivity contribution in [3.63, 3.8) is 0 Å². The highest BCUT2D eigenvalue weighted by molar-refractivity contribution is 5.86. The van der Waals surface area contributed by atoms with Crippen molar-refractivity contribution in [3.8, 4) is 5.75 Å². The molecule has 6 nitrogen and oxygen atoms in total. The third-order valence-electron chi connectivity index (χ3n) is 3.87. The van der Waals surface area contributed by atoms with Gasteiger partial charge in [0.1, 0.15) is 11.4 Å². The molecule has 0 aliphatic carbocycles. The first-order valence-electron chi connectivity index (χ1n) is 8.47. The summed E-state index contributed by atoms with van der Waals surface area (Å²) < 4.78 is 10.4. The molecule has 0 bridgehead atoms. The fraction of sp³-hybridized carbons (Fsp3) is 0.400. The van der Waals surface area contributed by atoms with Crippen LogP contribution in [0.3, 0.4) is 0 Å². The predicted molar refractivity (Wildman–Crippen MR) is 99.7 cm³/mol. The summed E-state index contributed by atoms with van der Waals surface area (Å²) in [4.78, 5) is 23.4. The van der Waals surface area contributed by atoms with Crippen molar-refractivity contribution < 1.29 is 24.2 Å². The van der Waals surface area contributed by atoms with Gasteiger partial charge in [-0.3, -0.25) is 4.79 Å². The summed E-state index contributed by atoms with van der Waals surface area (Å²) in [7, 11) is 1.60. The van der Waals surface area contributed by atoms with Gasteiger partial charge in [0.25, 0.3) is 0 Å². The number of methoxy groups -OCH3 is 1. The summed E-state index contributed by atoms with van der Waals surface area (Å²) >= 11 is 0. The van der Waals surface area contributed by atoms with E-state index < -0.39 is 23.6 Å². The van der Waals surface area contributed by atoms with Gasteiger partial charge < -0.3 is 19.9 Å². The van der Waals surface area contributed by atoms with Crippen LogP contribution in [0.5, 0.6) is 5.75 Å². The van der Waals surface area contributed by atoms with Crippen LogP contribution in [0.1, 0.15) is 38.7 Å². The first-order valence-corrected chi connectivity index (χ1v) is 8.47. The molecule has 0 spiro atoms. The molecule has 2 rings (SSSR count). The van der Waals surface area contributed by atoms with Crippen molar-refractivity contribution in [1.29, 1.82) is 0 Å². The maximum atomic E-state index is 11.7. The summed E-state index contributed by atoms with van der Waals surface area (Å²) in [5.74, 6) is -0.887. The number of hydrogen-bond donors (Lipinski definition) is 2. The van der Waals surface area contributed by atoms with Gasteiger partial charge in [0.2, 0.25) is 0 Å². The molecule has 1 amide bonds. The van der Waals surface area contributed by atoms with Gasteiger partial charge in [-0.05, 0) is 55.7 Å². The number of benzene rings is 2. The van der Waals surface area contributed by atoms with E-state index in [1.54, 1.807) is 33.9 Å². The summed E-state index contributed by atoms with van der Waals surface area (Å²) in [6.45, 7) is 5.54. The molecule has 6 heteroatoms. The molecule has 0 aliphatic rings.